The molecule has 0 radical (unpaired) electrons. The molecule has 2 aromatic carbocycles. The maximum atomic E-state index is 12.5. The van der Waals surface area contributed by atoms with Crippen LogP contribution in [-0.2, 0) is 11.2 Å². The molecule has 5 rings (SSSR count). The topological polar surface area (TPSA) is 74.7 Å². The number of nitrogens with one attached hydrogen (secondary N) is 1. The summed E-state index contributed by atoms with van der Waals surface area (Å²) in [6, 6.07) is 16.4. The molecule has 1 saturated heterocycles. The molecular formula is C25H29N3O3S. The maximum absolute atomic E-state index is 12.5. The number of aromatic nitrogens is 1. The average Bonchev–Trinajstić information content (AvgIpc) is 3.26. The highest BCUT2D eigenvalue weighted by atomic mass is 32.1. The minimum absolute atomic E-state index is 0.153. The van der Waals surface area contributed by atoms with Crippen molar-refractivity contribution in [3.05, 3.63) is 54.1 Å². The van der Waals surface area contributed by atoms with Crippen LogP contribution >= 0.6 is 11.3 Å². The molecule has 3 aromatic rings. The summed E-state index contributed by atoms with van der Waals surface area (Å²) < 4.78 is 7.04. The van der Waals surface area contributed by atoms with E-state index in [0.717, 1.165) is 42.0 Å². The summed E-state index contributed by atoms with van der Waals surface area (Å²) >= 11 is 1.55. The fourth-order valence-electron chi connectivity index (χ4n) is 4.62. The Morgan fingerprint density at radius 2 is 2.03 bits per heavy atom. The summed E-state index contributed by atoms with van der Waals surface area (Å²) in [6.07, 6.45) is 2.11. The van der Waals surface area contributed by atoms with E-state index in [1.165, 1.54) is 12.0 Å². The van der Waals surface area contributed by atoms with Gasteiger partial charge in [-0.25, -0.2) is 4.98 Å². The zero-order valence-corrected chi connectivity index (χ0v) is 19.3. The van der Waals surface area contributed by atoms with Gasteiger partial charge in [0.05, 0.1) is 10.2 Å². The van der Waals surface area contributed by atoms with Crippen LogP contribution in [0.3, 0.4) is 0 Å². The van der Waals surface area contributed by atoms with Gasteiger partial charge in [-0.15, -0.1) is 0 Å². The van der Waals surface area contributed by atoms with Crippen molar-refractivity contribution in [3.8, 4) is 10.9 Å². The second-order valence-electron chi connectivity index (χ2n) is 9.39. The molecule has 1 aliphatic carbocycles. The predicted molar refractivity (Wildman–Crippen MR) is 126 cm³/mol. The van der Waals surface area contributed by atoms with Crippen LogP contribution in [0.5, 0.6) is 10.9 Å². The number of benzene rings is 2. The molecule has 2 heterocycles. The van der Waals surface area contributed by atoms with Crippen molar-refractivity contribution in [2.75, 3.05) is 19.6 Å². The summed E-state index contributed by atoms with van der Waals surface area (Å²) in [4.78, 5) is 18.9. The number of fused-ring (bicyclic) bond motifs is 2. The third-order valence-electron chi connectivity index (χ3n) is 6.43. The Kier molecular flexibility index (Phi) is 5.65. The number of likely N-dealkylation sites (tertiary alicyclic amines) is 1. The number of ether oxygens (including phenoxy) is 1. The average molecular weight is 452 g/mol. The number of hydrogen-bond donors (Lipinski definition) is 2. The van der Waals surface area contributed by atoms with E-state index < -0.39 is 5.60 Å². The zero-order chi connectivity index (χ0) is 22.3. The molecule has 0 spiro atoms. The van der Waals surface area contributed by atoms with Gasteiger partial charge < -0.3 is 20.1 Å². The summed E-state index contributed by atoms with van der Waals surface area (Å²) in [6.45, 7) is 5.57. The van der Waals surface area contributed by atoms with Crippen LogP contribution in [0.25, 0.3) is 10.2 Å². The van der Waals surface area contributed by atoms with Gasteiger partial charge in [0.15, 0.2) is 0 Å². The van der Waals surface area contributed by atoms with Gasteiger partial charge in [-0.3, -0.25) is 4.79 Å². The Hall–Kier alpha value is -2.48. The second-order valence-corrected chi connectivity index (χ2v) is 10.4. The van der Waals surface area contributed by atoms with Crippen LogP contribution in [0.1, 0.15) is 25.8 Å². The zero-order valence-electron chi connectivity index (χ0n) is 18.5. The Morgan fingerprint density at radius 1 is 1.25 bits per heavy atom. The maximum Gasteiger partial charge on any atom is 0.279 e. The standard InChI is InChI=1S/C25H29N3O3S/c1-25(2,30)23(29)28-15-17-13-19(17)21(28)14-26-12-11-16-7-9-18(10-8-16)31-24-27-20-5-3-4-6-22(20)32-24/h3-10,17,19,21,26,30H,11-15H2,1-2H3. The van der Waals surface area contributed by atoms with E-state index in [1.807, 2.05) is 41.3 Å². The number of piperidine rings is 1. The third-order valence-corrected chi connectivity index (χ3v) is 7.35. The molecule has 6 nitrogen and oxygen atoms in total. The van der Waals surface area contributed by atoms with Crippen molar-refractivity contribution < 1.29 is 14.6 Å². The van der Waals surface area contributed by atoms with Gasteiger partial charge in [-0.1, -0.05) is 35.6 Å². The summed E-state index contributed by atoms with van der Waals surface area (Å²) in [5.41, 5.74) is 0.886. The van der Waals surface area contributed by atoms with Crippen LogP contribution in [0.4, 0.5) is 0 Å². The highest BCUT2D eigenvalue weighted by Gasteiger charge is 2.54. The summed E-state index contributed by atoms with van der Waals surface area (Å²) in [5, 5.41) is 14.3. The number of aliphatic hydroxyl groups is 1. The first kappa shape index (κ1) is 21.4. The van der Waals surface area contributed by atoms with Gasteiger partial charge in [0, 0.05) is 19.1 Å². The quantitative estimate of drug-likeness (QED) is 0.509. The number of nitrogens with zero attached hydrogens (tertiary/aromatic N) is 2. The van der Waals surface area contributed by atoms with E-state index >= 15 is 0 Å². The van der Waals surface area contributed by atoms with Crippen LogP contribution in [0.15, 0.2) is 48.5 Å². The molecule has 1 saturated carbocycles. The number of para-hydroxylation sites is 1. The van der Waals surface area contributed by atoms with Crippen molar-refractivity contribution in [3.63, 3.8) is 0 Å². The summed E-state index contributed by atoms with van der Waals surface area (Å²) in [7, 11) is 0. The first-order valence-corrected chi connectivity index (χ1v) is 12.1. The molecule has 168 valence electrons. The first-order chi connectivity index (χ1) is 15.4. The lowest BCUT2D eigenvalue weighted by atomic mass is 10.1. The molecule has 7 heteroatoms. The molecule has 3 atom stereocenters. The molecule has 2 aliphatic rings. The molecule has 2 N–H and O–H groups in total. The monoisotopic (exact) mass is 451 g/mol. The number of carbonyl (C=O) groups is 1. The minimum atomic E-state index is -1.30. The molecule has 2 fully saturated rings. The van der Waals surface area contributed by atoms with Gasteiger partial charge >= 0.3 is 0 Å². The minimum Gasteiger partial charge on any atom is -0.431 e. The van der Waals surface area contributed by atoms with E-state index in [-0.39, 0.29) is 11.9 Å². The number of hydrogen-bond acceptors (Lipinski definition) is 6. The van der Waals surface area contributed by atoms with Crippen molar-refractivity contribution in [2.45, 2.75) is 38.3 Å². The lowest BCUT2D eigenvalue weighted by Gasteiger charge is -2.32. The van der Waals surface area contributed by atoms with Crippen LogP contribution in [-0.4, -0.2) is 52.2 Å². The van der Waals surface area contributed by atoms with Crippen molar-refractivity contribution in [2.24, 2.45) is 11.8 Å². The molecule has 1 aliphatic heterocycles. The Morgan fingerprint density at radius 3 is 2.78 bits per heavy atom. The highest BCUT2D eigenvalue weighted by molar-refractivity contribution is 7.20. The Labute approximate surface area is 192 Å². The van der Waals surface area contributed by atoms with E-state index in [2.05, 4.69) is 22.4 Å². The van der Waals surface area contributed by atoms with E-state index in [9.17, 15) is 9.90 Å². The van der Waals surface area contributed by atoms with Crippen LogP contribution < -0.4 is 10.1 Å². The molecule has 32 heavy (non-hydrogen) atoms. The number of amides is 1. The van der Waals surface area contributed by atoms with Crippen molar-refractivity contribution >= 4 is 27.5 Å². The first-order valence-electron chi connectivity index (χ1n) is 11.2. The molecule has 3 unspecified atom stereocenters. The number of carbonyl (C=O) groups excluding carboxylic acids is 1. The largest absolute Gasteiger partial charge is 0.431 e. The molecule has 1 aromatic heterocycles. The van der Waals surface area contributed by atoms with Gasteiger partial charge in [0.25, 0.3) is 11.1 Å². The smallest absolute Gasteiger partial charge is 0.279 e. The molecular weight excluding hydrogens is 422 g/mol. The Bertz CT molecular complexity index is 1070. The van der Waals surface area contributed by atoms with Gasteiger partial charge in [-0.2, -0.15) is 0 Å². The van der Waals surface area contributed by atoms with Gasteiger partial charge in [-0.05, 0) is 74.9 Å². The second kappa shape index (κ2) is 8.46. The third kappa shape index (κ3) is 4.51. The lowest BCUT2D eigenvalue weighted by molar-refractivity contribution is -0.149. The van der Waals surface area contributed by atoms with Crippen LogP contribution in [0, 0.1) is 11.8 Å². The summed E-state index contributed by atoms with van der Waals surface area (Å²) in [5.74, 6) is 1.84. The normalized spacial score (nSPS) is 22.2. The number of rotatable bonds is 8. The van der Waals surface area contributed by atoms with Crippen LogP contribution in [0.2, 0.25) is 0 Å². The highest BCUT2D eigenvalue weighted by Crippen LogP contribution is 2.49. The van der Waals surface area contributed by atoms with E-state index in [4.69, 9.17) is 4.74 Å². The van der Waals surface area contributed by atoms with E-state index in [0.29, 0.717) is 17.0 Å². The van der Waals surface area contributed by atoms with Crippen molar-refractivity contribution in [1.82, 2.24) is 15.2 Å². The molecule has 0 bridgehead atoms. The van der Waals surface area contributed by atoms with Gasteiger partial charge in [0.1, 0.15) is 11.4 Å². The predicted octanol–water partition coefficient (Wildman–Crippen LogP) is 3.84. The SMILES string of the molecule is CC(C)(O)C(=O)N1CC2CC2C1CNCCc1ccc(Oc2nc3ccccc3s2)cc1. The van der Waals surface area contributed by atoms with Crippen molar-refractivity contribution in [1.29, 1.82) is 0 Å². The Balaban J connectivity index is 1.10. The number of thiazole rings is 1. The fourth-order valence-corrected chi connectivity index (χ4v) is 5.46. The fraction of sp³-hybridized carbons (Fsp3) is 0.440. The van der Waals surface area contributed by atoms with E-state index in [1.54, 1.807) is 25.2 Å². The molecule has 1 amide bonds. The van der Waals surface area contributed by atoms with Gasteiger partial charge in [0.2, 0.25) is 0 Å². The lowest BCUT2D eigenvalue weighted by Crippen LogP contribution is -2.51.